The number of aryl methyl sites for hydroxylation is 1. The van der Waals surface area contributed by atoms with Crippen LogP contribution in [0.5, 0.6) is 5.75 Å². The maximum absolute atomic E-state index is 13.1. The largest absolute Gasteiger partial charge is 0.489 e. The van der Waals surface area contributed by atoms with Crippen LogP contribution in [-0.4, -0.2) is 0 Å². The molecule has 0 saturated carbocycles. The highest BCUT2D eigenvalue weighted by Gasteiger charge is 2.03. The van der Waals surface area contributed by atoms with Crippen molar-refractivity contribution in [3.63, 3.8) is 0 Å². The molecule has 0 aromatic heterocycles. The highest BCUT2D eigenvalue weighted by molar-refractivity contribution is 9.10. The Bertz CT molecular complexity index is 549. The number of benzene rings is 2. The van der Waals surface area contributed by atoms with Gasteiger partial charge in [-0.1, -0.05) is 22.0 Å². The van der Waals surface area contributed by atoms with Gasteiger partial charge >= 0.3 is 0 Å². The minimum atomic E-state index is -0.366. The van der Waals surface area contributed by atoms with Gasteiger partial charge in [0.1, 0.15) is 24.0 Å². The second-order valence-electron chi connectivity index (χ2n) is 3.96. The van der Waals surface area contributed by atoms with E-state index in [0.29, 0.717) is 10.2 Å². The number of hydrogen-bond donors (Lipinski definition) is 0. The Balaban J connectivity index is 2.11. The average molecular weight is 313 g/mol. The topological polar surface area (TPSA) is 9.23 Å². The molecule has 0 aliphatic rings. The Hall–Kier alpha value is -1.42. The number of ether oxygens (including phenoxy) is 1. The van der Waals surface area contributed by atoms with E-state index in [9.17, 15) is 8.78 Å². The molecular weight excluding hydrogens is 302 g/mol. The van der Waals surface area contributed by atoms with Gasteiger partial charge in [0.2, 0.25) is 0 Å². The summed E-state index contributed by atoms with van der Waals surface area (Å²) in [6.07, 6.45) is 0. The minimum Gasteiger partial charge on any atom is -0.489 e. The molecule has 1 nitrogen and oxygen atoms in total. The van der Waals surface area contributed by atoms with E-state index in [-0.39, 0.29) is 18.2 Å². The summed E-state index contributed by atoms with van der Waals surface area (Å²) in [6.45, 7) is 2.09. The van der Waals surface area contributed by atoms with Crippen molar-refractivity contribution >= 4 is 15.9 Å². The van der Waals surface area contributed by atoms with Crippen LogP contribution < -0.4 is 4.74 Å². The Kier molecular flexibility index (Phi) is 3.97. The summed E-state index contributed by atoms with van der Waals surface area (Å²) in [5.74, 6) is -0.203. The highest BCUT2D eigenvalue weighted by atomic mass is 79.9. The lowest BCUT2D eigenvalue weighted by atomic mass is 10.1. The van der Waals surface area contributed by atoms with Crippen molar-refractivity contribution < 1.29 is 13.5 Å². The summed E-state index contributed by atoms with van der Waals surface area (Å²) in [5.41, 5.74) is 1.68. The number of halogens is 3. The Labute approximate surface area is 113 Å². The van der Waals surface area contributed by atoms with Crippen molar-refractivity contribution in [3.05, 3.63) is 63.6 Å². The van der Waals surface area contributed by atoms with Crippen LogP contribution in [0.1, 0.15) is 11.1 Å². The standard InChI is InChI=1S/C14H11BrF2O/c1-9-4-12(16)3-2-10(9)8-18-14-6-11(15)5-13(17)7-14/h2-7H,8H2,1H3. The molecule has 0 radical (unpaired) electrons. The van der Waals surface area contributed by atoms with E-state index in [0.717, 1.165) is 11.1 Å². The molecule has 2 aromatic rings. The van der Waals surface area contributed by atoms with E-state index in [1.54, 1.807) is 12.1 Å². The van der Waals surface area contributed by atoms with Gasteiger partial charge in [-0.05, 0) is 42.3 Å². The molecule has 0 saturated heterocycles. The van der Waals surface area contributed by atoms with Crippen molar-refractivity contribution in [1.29, 1.82) is 0 Å². The molecule has 0 bridgehead atoms. The van der Waals surface area contributed by atoms with Crippen molar-refractivity contribution in [3.8, 4) is 5.75 Å². The quantitative estimate of drug-likeness (QED) is 0.804. The van der Waals surface area contributed by atoms with E-state index in [2.05, 4.69) is 15.9 Å². The summed E-state index contributed by atoms with van der Waals surface area (Å²) in [7, 11) is 0. The molecule has 0 N–H and O–H groups in total. The summed E-state index contributed by atoms with van der Waals surface area (Å²) >= 11 is 3.19. The van der Waals surface area contributed by atoms with E-state index in [1.165, 1.54) is 24.3 Å². The molecule has 18 heavy (non-hydrogen) atoms. The van der Waals surface area contributed by atoms with Crippen molar-refractivity contribution in [2.45, 2.75) is 13.5 Å². The van der Waals surface area contributed by atoms with Gasteiger partial charge in [-0.15, -0.1) is 0 Å². The molecule has 0 aliphatic carbocycles. The van der Waals surface area contributed by atoms with Crippen LogP contribution in [0, 0.1) is 18.6 Å². The molecule has 0 heterocycles. The molecule has 0 aliphatic heterocycles. The molecule has 2 rings (SSSR count). The molecule has 0 atom stereocenters. The smallest absolute Gasteiger partial charge is 0.128 e. The van der Waals surface area contributed by atoms with Gasteiger partial charge in [0.15, 0.2) is 0 Å². The first-order chi connectivity index (χ1) is 8.54. The lowest BCUT2D eigenvalue weighted by Crippen LogP contribution is -1.98. The minimum absolute atomic E-state index is 0.273. The molecule has 0 amide bonds. The average Bonchev–Trinajstić information content (AvgIpc) is 2.26. The van der Waals surface area contributed by atoms with Crippen molar-refractivity contribution in [2.75, 3.05) is 0 Å². The van der Waals surface area contributed by atoms with E-state index >= 15 is 0 Å². The van der Waals surface area contributed by atoms with Crippen molar-refractivity contribution in [1.82, 2.24) is 0 Å². The lowest BCUT2D eigenvalue weighted by molar-refractivity contribution is 0.303. The summed E-state index contributed by atoms with van der Waals surface area (Å²) in [5, 5.41) is 0. The predicted molar refractivity (Wildman–Crippen MR) is 69.6 cm³/mol. The van der Waals surface area contributed by atoms with Gasteiger partial charge in [-0.2, -0.15) is 0 Å². The second kappa shape index (κ2) is 5.48. The fraction of sp³-hybridized carbons (Fsp3) is 0.143. The molecule has 0 spiro atoms. The third-order valence-corrected chi connectivity index (χ3v) is 2.99. The van der Waals surface area contributed by atoms with Crippen LogP contribution in [0.15, 0.2) is 40.9 Å². The maximum Gasteiger partial charge on any atom is 0.128 e. The predicted octanol–water partition coefficient (Wildman–Crippen LogP) is 4.61. The van der Waals surface area contributed by atoms with Crippen LogP contribution in [0.4, 0.5) is 8.78 Å². The van der Waals surface area contributed by atoms with Crippen LogP contribution in [-0.2, 0) is 6.61 Å². The molecule has 94 valence electrons. The van der Waals surface area contributed by atoms with Crippen LogP contribution >= 0.6 is 15.9 Å². The molecule has 0 fully saturated rings. The van der Waals surface area contributed by atoms with Crippen LogP contribution in [0.25, 0.3) is 0 Å². The normalized spacial score (nSPS) is 10.4. The first kappa shape index (κ1) is 13.0. The fourth-order valence-corrected chi connectivity index (χ4v) is 2.04. The lowest BCUT2D eigenvalue weighted by Gasteiger charge is -2.09. The monoisotopic (exact) mass is 312 g/mol. The third kappa shape index (κ3) is 3.29. The summed E-state index contributed by atoms with van der Waals surface area (Å²) in [6, 6.07) is 8.84. The highest BCUT2D eigenvalue weighted by Crippen LogP contribution is 2.22. The summed E-state index contributed by atoms with van der Waals surface area (Å²) < 4.78 is 32.1. The zero-order valence-electron chi connectivity index (χ0n) is 9.71. The zero-order chi connectivity index (χ0) is 13.1. The van der Waals surface area contributed by atoms with Gasteiger partial charge in [-0.3, -0.25) is 0 Å². The fourth-order valence-electron chi connectivity index (χ4n) is 1.59. The van der Waals surface area contributed by atoms with Crippen LogP contribution in [0.2, 0.25) is 0 Å². The van der Waals surface area contributed by atoms with Gasteiger partial charge in [0.25, 0.3) is 0 Å². The van der Waals surface area contributed by atoms with Gasteiger partial charge in [0.05, 0.1) is 0 Å². The van der Waals surface area contributed by atoms with Gasteiger partial charge in [0, 0.05) is 10.5 Å². The second-order valence-corrected chi connectivity index (χ2v) is 4.88. The Morgan fingerprint density at radius 2 is 1.83 bits per heavy atom. The Morgan fingerprint density at radius 1 is 1.06 bits per heavy atom. The molecular formula is C14H11BrF2O. The first-order valence-electron chi connectivity index (χ1n) is 5.38. The zero-order valence-corrected chi connectivity index (χ0v) is 11.3. The molecule has 0 unspecified atom stereocenters. The number of hydrogen-bond acceptors (Lipinski definition) is 1. The molecule has 2 aromatic carbocycles. The maximum atomic E-state index is 13.1. The van der Waals surface area contributed by atoms with Crippen LogP contribution in [0.3, 0.4) is 0 Å². The SMILES string of the molecule is Cc1cc(F)ccc1COc1cc(F)cc(Br)c1. The van der Waals surface area contributed by atoms with Gasteiger partial charge in [-0.25, -0.2) is 8.78 Å². The van der Waals surface area contributed by atoms with E-state index < -0.39 is 0 Å². The summed E-state index contributed by atoms with van der Waals surface area (Å²) in [4.78, 5) is 0. The first-order valence-corrected chi connectivity index (χ1v) is 6.18. The Morgan fingerprint density at radius 3 is 2.50 bits per heavy atom. The van der Waals surface area contributed by atoms with Gasteiger partial charge < -0.3 is 4.74 Å². The molecule has 4 heteroatoms. The van der Waals surface area contributed by atoms with E-state index in [4.69, 9.17) is 4.74 Å². The number of rotatable bonds is 3. The van der Waals surface area contributed by atoms with Crippen molar-refractivity contribution in [2.24, 2.45) is 0 Å². The third-order valence-electron chi connectivity index (χ3n) is 2.54. The van der Waals surface area contributed by atoms with E-state index in [1.807, 2.05) is 6.92 Å².